The predicted molar refractivity (Wildman–Crippen MR) is 126 cm³/mol. The summed E-state index contributed by atoms with van der Waals surface area (Å²) in [6, 6.07) is 11.9. The molecule has 0 atom stereocenters. The Kier molecular flexibility index (Phi) is 6.72. The zero-order valence-corrected chi connectivity index (χ0v) is 18.9. The summed E-state index contributed by atoms with van der Waals surface area (Å²) >= 11 is 11.9. The van der Waals surface area contributed by atoms with Crippen molar-refractivity contribution in [2.24, 2.45) is 0 Å². The summed E-state index contributed by atoms with van der Waals surface area (Å²) in [4.78, 5) is 31.6. The van der Waals surface area contributed by atoms with Gasteiger partial charge in [-0.3, -0.25) is 15.0 Å². The Hall–Kier alpha value is -3.29. The SMILES string of the molecule is N=C(c1ccc(C(=O)Cc2ccc(Cl)cc2C(=O)Nc2ccc(Cl)cn2)c(F)c1)N1CCC1. The van der Waals surface area contributed by atoms with Gasteiger partial charge >= 0.3 is 0 Å². The molecule has 1 amide bonds. The number of ketones is 1. The molecule has 0 saturated carbocycles. The van der Waals surface area contributed by atoms with Crippen molar-refractivity contribution in [1.29, 1.82) is 5.41 Å². The van der Waals surface area contributed by atoms with E-state index in [9.17, 15) is 14.0 Å². The van der Waals surface area contributed by atoms with E-state index in [1.165, 1.54) is 24.4 Å². The Morgan fingerprint density at radius 3 is 2.42 bits per heavy atom. The Bertz CT molecular complexity index is 1240. The van der Waals surface area contributed by atoms with Crippen molar-refractivity contribution in [2.45, 2.75) is 12.8 Å². The first-order valence-electron chi connectivity index (χ1n) is 10.2. The van der Waals surface area contributed by atoms with Gasteiger partial charge in [0.05, 0.1) is 10.6 Å². The van der Waals surface area contributed by atoms with Crippen LogP contribution in [0.1, 0.15) is 38.3 Å². The quantitative estimate of drug-likeness (QED) is 0.284. The highest BCUT2D eigenvalue weighted by atomic mass is 35.5. The largest absolute Gasteiger partial charge is 0.356 e. The molecule has 9 heteroatoms. The minimum absolute atomic E-state index is 0.101. The van der Waals surface area contributed by atoms with Crippen molar-refractivity contribution in [3.8, 4) is 0 Å². The van der Waals surface area contributed by atoms with Gasteiger partial charge < -0.3 is 10.2 Å². The van der Waals surface area contributed by atoms with Crippen LogP contribution in [-0.2, 0) is 6.42 Å². The van der Waals surface area contributed by atoms with E-state index < -0.39 is 17.5 Å². The molecule has 0 unspecified atom stereocenters. The molecule has 2 N–H and O–H groups in total. The van der Waals surface area contributed by atoms with Crippen LogP contribution < -0.4 is 5.32 Å². The predicted octanol–water partition coefficient (Wildman–Crippen LogP) is 5.24. The lowest BCUT2D eigenvalue weighted by Gasteiger charge is -2.33. The highest BCUT2D eigenvalue weighted by Gasteiger charge is 2.22. The van der Waals surface area contributed by atoms with Crippen LogP contribution >= 0.6 is 23.2 Å². The summed E-state index contributed by atoms with van der Waals surface area (Å²) in [5.41, 5.74) is 0.901. The van der Waals surface area contributed by atoms with E-state index in [2.05, 4.69) is 10.3 Å². The molecule has 0 bridgehead atoms. The molecule has 168 valence electrons. The number of nitrogens with one attached hydrogen (secondary N) is 2. The van der Waals surface area contributed by atoms with Crippen LogP contribution in [0, 0.1) is 11.2 Å². The minimum atomic E-state index is -0.701. The number of halogens is 3. The van der Waals surface area contributed by atoms with Gasteiger partial charge in [0.15, 0.2) is 5.78 Å². The fourth-order valence-corrected chi connectivity index (χ4v) is 3.71. The molecule has 1 aromatic heterocycles. The van der Waals surface area contributed by atoms with Crippen LogP contribution in [0.2, 0.25) is 10.0 Å². The second kappa shape index (κ2) is 9.68. The molecule has 4 rings (SSSR count). The maximum absolute atomic E-state index is 14.7. The molecule has 1 aliphatic rings. The molecular weight excluding hydrogens is 466 g/mol. The Morgan fingerprint density at radius 1 is 1.03 bits per heavy atom. The monoisotopic (exact) mass is 484 g/mol. The number of aromatic nitrogens is 1. The van der Waals surface area contributed by atoms with Gasteiger partial charge in [-0.2, -0.15) is 0 Å². The third kappa shape index (κ3) is 5.21. The number of nitrogens with zero attached hydrogens (tertiary/aromatic N) is 2. The van der Waals surface area contributed by atoms with Gasteiger partial charge in [-0.1, -0.05) is 35.3 Å². The Morgan fingerprint density at radius 2 is 1.79 bits per heavy atom. The summed E-state index contributed by atoms with van der Waals surface area (Å²) in [7, 11) is 0. The fourth-order valence-electron chi connectivity index (χ4n) is 3.43. The number of pyridine rings is 1. The van der Waals surface area contributed by atoms with Crippen LogP contribution in [0.4, 0.5) is 10.2 Å². The molecule has 0 spiro atoms. The number of Topliss-reactive ketones (excluding diaryl/α,β-unsaturated/α-hetero) is 1. The van der Waals surface area contributed by atoms with Crippen LogP contribution in [0.25, 0.3) is 0 Å². The number of hydrogen-bond acceptors (Lipinski definition) is 4. The molecule has 2 aromatic carbocycles. The lowest BCUT2D eigenvalue weighted by molar-refractivity contribution is 0.0988. The van der Waals surface area contributed by atoms with Crippen molar-refractivity contribution in [1.82, 2.24) is 9.88 Å². The first kappa shape index (κ1) is 22.9. The van der Waals surface area contributed by atoms with Gasteiger partial charge in [-0.15, -0.1) is 0 Å². The Labute approximate surface area is 199 Å². The maximum atomic E-state index is 14.7. The van der Waals surface area contributed by atoms with Crippen LogP contribution in [-0.4, -0.2) is 40.5 Å². The van der Waals surface area contributed by atoms with E-state index in [4.69, 9.17) is 28.6 Å². The number of rotatable bonds is 6. The number of carbonyl (C=O) groups excluding carboxylic acids is 2. The van der Waals surface area contributed by atoms with E-state index in [0.717, 1.165) is 19.5 Å². The van der Waals surface area contributed by atoms with Gasteiger partial charge in [-0.25, -0.2) is 9.37 Å². The average Bonchev–Trinajstić information content (AvgIpc) is 2.75. The topological polar surface area (TPSA) is 86.1 Å². The van der Waals surface area contributed by atoms with Crippen molar-refractivity contribution < 1.29 is 14.0 Å². The smallest absolute Gasteiger partial charge is 0.257 e. The van der Waals surface area contributed by atoms with E-state index in [0.29, 0.717) is 21.2 Å². The number of amidine groups is 1. The molecular formula is C24H19Cl2FN4O2. The Balaban J connectivity index is 1.53. The fraction of sp³-hybridized carbons (Fsp3) is 0.167. The third-order valence-corrected chi connectivity index (χ3v) is 5.81. The number of likely N-dealkylation sites (tertiary alicyclic amines) is 1. The second-order valence-electron chi connectivity index (χ2n) is 7.60. The van der Waals surface area contributed by atoms with Gasteiger partial charge in [0.25, 0.3) is 5.91 Å². The standard InChI is InChI=1S/C24H19Cl2FN4O2/c25-16-4-2-14(19(12-16)24(33)30-22-7-5-17(26)13-29-22)11-21(32)18-6-3-15(10-20(18)27)23(28)31-8-1-9-31/h2-7,10,12-13,28H,1,8-9,11H2,(H,29,30,33). The van der Waals surface area contributed by atoms with Crippen molar-refractivity contribution in [3.63, 3.8) is 0 Å². The van der Waals surface area contributed by atoms with Crippen molar-refractivity contribution >= 4 is 46.5 Å². The molecule has 0 aliphatic carbocycles. The molecule has 6 nitrogen and oxygen atoms in total. The van der Waals surface area contributed by atoms with Crippen LogP contribution in [0.5, 0.6) is 0 Å². The first-order chi connectivity index (χ1) is 15.8. The number of amides is 1. The van der Waals surface area contributed by atoms with Gasteiger partial charge in [0, 0.05) is 41.9 Å². The summed E-state index contributed by atoms with van der Waals surface area (Å²) in [5.74, 6) is -1.17. The van der Waals surface area contributed by atoms with E-state index in [1.807, 2.05) is 4.90 Å². The van der Waals surface area contributed by atoms with E-state index >= 15 is 0 Å². The second-order valence-corrected chi connectivity index (χ2v) is 8.47. The van der Waals surface area contributed by atoms with E-state index in [1.54, 1.807) is 30.3 Å². The molecule has 3 aromatic rings. The third-order valence-electron chi connectivity index (χ3n) is 5.35. The van der Waals surface area contributed by atoms with Gasteiger partial charge in [0.2, 0.25) is 0 Å². The molecule has 33 heavy (non-hydrogen) atoms. The molecule has 1 fully saturated rings. The number of anilines is 1. The zero-order chi connectivity index (χ0) is 23.5. The van der Waals surface area contributed by atoms with Crippen molar-refractivity contribution in [3.05, 3.63) is 92.8 Å². The summed E-state index contributed by atoms with van der Waals surface area (Å²) < 4.78 is 14.7. The lowest BCUT2D eigenvalue weighted by atomic mass is 9.97. The molecule has 1 aliphatic heterocycles. The number of carbonyl (C=O) groups is 2. The first-order valence-corrected chi connectivity index (χ1v) is 11.0. The van der Waals surface area contributed by atoms with Gasteiger partial charge in [-0.05, 0) is 48.4 Å². The van der Waals surface area contributed by atoms with E-state index in [-0.39, 0.29) is 29.2 Å². The molecule has 1 saturated heterocycles. The zero-order valence-electron chi connectivity index (χ0n) is 17.4. The maximum Gasteiger partial charge on any atom is 0.257 e. The average molecular weight is 485 g/mol. The van der Waals surface area contributed by atoms with Crippen LogP contribution in [0.3, 0.4) is 0 Å². The summed E-state index contributed by atoms with van der Waals surface area (Å²) in [6.45, 7) is 1.54. The molecule has 0 radical (unpaired) electrons. The molecule has 2 heterocycles. The van der Waals surface area contributed by atoms with Crippen molar-refractivity contribution in [2.75, 3.05) is 18.4 Å². The highest BCUT2D eigenvalue weighted by molar-refractivity contribution is 6.31. The normalized spacial score (nSPS) is 12.8. The lowest BCUT2D eigenvalue weighted by Crippen LogP contribution is -2.42. The number of hydrogen-bond donors (Lipinski definition) is 2. The summed E-state index contributed by atoms with van der Waals surface area (Å²) in [5, 5.41) is 11.5. The van der Waals surface area contributed by atoms with Crippen LogP contribution in [0.15, 0.2) is 54.7 Å². The summed E-state index contributed by atoms with van der Waals surface area (Å²) in [6.07, 6.45) is 2.20. The number of benzene rings is 2. The minimum Gasteiger partial charge on any atom is -0.356 e. The highest BCUT2D eigenvalue weighted by Crippen LogP contribution is 2.22. The van der Waals surface area contributed by atoms with Gasteiger partial charge in [0.1, 0.15) is 17.5 Å².